The van der Waals surface area contributed by atoms with Gasteiger partial charge in [0.15, 0.2) is 0 Å². The van der Waals surface area contributed by atoms with Crippen LogP contribution in [0.4, 0.5) is 18.9 Å². The number of carbonyl (C=O) groups excluding carboxylic acids is 2. The second kappa shape index (κ2) is 4.27. The predicted octanol–water partition coefficient (Wildman–Crippen LogP) is 1.85. The summed E-state index contributed by atoms with van der Waals surface area (Å²) in [6.07, 6.45) is -4.05. The van der Waals surface area contributed by atoms with Crippen molar-refractivity contribution in [2.75, 3.05) is 4.90 Å². The second-order valence-electron chi connectivity index (χ2n) is 5.05. The van der Waals surface area contributed by atoms with E-state index >= 15 is 0 Å². The van der Waals surface area contributed by atoms with E-state index in [2.05, 4.69) is 0 Å². The summed E-state index contributed by atoms with van der Waals surface area (Å²) in [5.74, 6) is -1.50. The van der Waals surface area contributed by atoms with Crippen LogP contribution >= 0.6 is 12.2 Å². The van der Waals surface area contributed by atoms with E-state index in [9.17, 15) is 22.8 Å². The van der Waals surface area contributed by atoms with Gasteiger partial charge in [0.05, 0.1) is 23.1 Å². The Morgan fingerprint density at radius 3 is 2.29 bits per heavy atom. The SMILES string of the molecule is NC(=S)c1cc(C(F)(F)F)ccc1N1C(=O)C2CC2C1=O. The Hall–Kier alpha value is -1.96. The zero-order chi connectivity index (χ0) is 15.5. The Bertz CT molecular complexity index is 666. The summed E-state index contributed by atoms with van der Waals surface area (Å²) >= 11 is 4.75. The highest BCUT2D eigenvalue weighted by Gasteiger charge is 2.59. The summed E-state index contributed by atoms with van der Waals surface area (Å²) in [6.45, 7) is 0. The van der Waals surface area contributed by atoms with Crippen LogP contribution in [0.2, 0.25) is 0 Å². The molecule has 4 nitrogen and oxygen atoms in total. The second-order valence-corrected chi connectivity index (χ2v) is 5.49. The van der Waals surface area contributed by atoms with E-state index in [4.69, 9.17) is 18.0 Å². The normalized spacial score (nSPS) is 24.2. The van der Waals surface area contributed by atoms with E-state index in [1.165, 1.54) is 0 Å². The van der Waals surface area contributed by atoms with Crippen LogP contribution in [-0.2, 0) is 15.8 Å². The summed E-state index contributed by atoms with van der Waals surface area (Å²) in [7, 11) is 0. The molecule has 1 aromatic rings. The molecule has 3 rings (SSSR count). The molecule has 2 unspecified atom stereocenters. The number of nitrogens with two attached hydrogens (primary N) is 1. The van der Waals surface area contributed by atoms with Gasteiger partial charge in [-0.3, -0.25) is 9.59 Å². The number of imide groups is 1. The molecule has 1 aromatic carbocycles. The van der Waals surface area contributed by atoms with Gasteiger partial charge in [0, 0.05) is 5.56 Å². The number of nitrogens with zero attached hydrogens (tertiary/aromatic N) is 1. The number of alkyl halides is 3. The maximum atomic E-state index is 12.7. The standard InChI is InChI=1S/C13H9F3N2O2S/c14-13(15,16)5-1-2-9(8(3-5)10(17)21)18-11(19)6-4-7(6)12(18)20/h1-3,6-7H,4H2,(H2,17,21). The molecular weight excluding hydrogens is 305 g/mol. The van der Waals surface area contributed by atoms with E-state index in [1.54, 1.807) is 0 Å². The van der Waals surface area contributed by atoms with Gasteiger partial charge in [-0.05, 0) is 24.6 Å². The highest BCUT2D eigenvalue weighted by atomic mass is 32.1. The fourth-order valence-corrected chi connectivity index (χ4v) is 2.69. The highest BCUT2D eigenvalue weighted by Crippen LogP contribution is 2.49. The summed E-state index contributed by atoms with van der Waals surface area (Å²) < 4.78 is 38.2. The minimum atomic E-state index is -4.56. The maximum absolute atomic E-state index is 12.7. The third kappa shape index (κ3) is 2.10. The molecule has 1 saturated heterocycles. The monoisotopic (exact) mass is 314 g/mol. The van der Waals surface area contributed by atoms with Crippen LogP contribution in [0.25, 0.3) is 0 Å². The number of hydrogen-bond acceptors (Lipinski definition) is 3. The predicted molar refractivity (Wildman–Crippen MR) is 71.4 cm³/mol. The molecule has 1 aliphatic heterocycles. The van der Waals surface area contributed by atoms with Crippen molar-refractivity contribution in [3.05, 3.63) is 29.3 Å². The lowest BCUT2D eigenvalue weighted by Crippen LogP contribution is -2.34. The Kier molecular flexibility index (Phi) is 2.84. The van der Waals surface area contributed by atoms with Crippen molar-refractivity contribution >= 4 is 34.7 Å². The van der Waals surface area contributed by atoms with Crippen LogP contribution in [-0.4, -0.2) is 16.8 Å². The van der Waals surface area contributed by atoms with Crippen molar-refractivity contribution in [1.82, 2.24) is 0 Å². The number of hydrogen-bond donors (Lipinski definition) is 1. The molecule has 2 aliphatic rings. The first-order chi connectivity index (χ1) is 9.71. The van der Waals surface area contributed by atoms with Crippen LogP contribution in [0.5, 0.6) is 0 Å². The van der Waals surface area contributed by atoms with Gasteiger partial charge < -0.3 is 5.73 Å². The number of rotatable bonds is 2. The molecule has 2 N–H and O–H groups in total. The van der Waals surface area contributed by atoms with Crippen molar-refractivity contribution < 1.29 is 22.8 Å². The van der Waals surface area contributed by atoms with Gasteiger partial charge in [-0.25, -0.2) is 4.90 Å². The van der Waals surface area contributed by atoms with Crippen LogP contribution in [0.3, 0.4) is 0 Å². The topological polar surface area (TPSA) is 63.4 Å². The maximum Gasteiger partial charge on any atom is 0.416 e. The summed E-state index contributed by atoms with van der Waals surface area (Å²) in [4.78, 5) is 24.6. The lowest BCUT2D eigenvalue weighted by Gasteiger charge is -2.21. The Balaban J connectivity index is 2.09. The summed E-state index contributed by atoms with van der Waals surface area (Å²) in [5, 5.41) is 0. The fraction of sp³-hybridized carbons (Fsp3) is 0.308. The minimum absolute atomic E-state index is 0.0256. The van der Waals surface area contributed by atoms with Crippen LogP contribution in [0.1, 0.15) is 17.5 Å². The first kappa shape index (κ1) is 14.0. The Morgan fingerprint density at radius 2 is 1.81 bits per heavy atom. The molecule has 0 spiro atoms. The number of benzene rings is 1. The molecule has 2 atom stereocenters. The number of carbonyl (C=O) groups is 2. The number of anilines is 1. The summed E-state index contributed by atoms with van der Waals surface area (Å²) in [6, 6.07) is 2.64. The average molecular weight is 314 g/mol. The molecule has 2 amide bonds. The smallest absolute Gasteiger partial charge is 0.389 e. The number of thiocarbonyl (C=S) groups is 1. The molecule has 2 fully saturated rings. The van der Waals surface area contributed by atoms with Crippen molar-refractivity contribution in [3.8, 4) is 0 Å². The van der Waals surface area contributed by atoms with Gasteiger partial charge in [-0.1, -0.05) is 12.2 Å². The van der Waals surface area contributed by atoms with Crippen molar-refractivity contribution in [2.24, 2.45) is 17.6 Å². The fourth-order valence-electron chi connectivity index (χ4n) is 2.52. The van der Waals surface area contributed by atoms with Crippen LogP contribution in [0.15, 0.2) is 18.2 Å². The molecule has 0 aromatic heterocycles. The zero-order valence-electron chi connectivity index (χ0n) is 10.5. The largest absolute Gasteiger partial charge is 0.416 e. The molecule has 110 valence electrons. The van der Waals surface area contributed by atoms with Gasteiger partial charge >= 0.3 is 6.18 Å². The van der Waals surface area contributed by atoms with E-state index in [0.29, 0.717) is 6.42 Å². The highest BCUT2D eigenvalue weighted by molar-refractivity contribution is 7.80. The third-order valence-corrected chi connectivity index (χ3v) is 3.92. The first-order valence-electron chi connectivity index (χ1n) is 6.10. The first-order valence-corrected chi connectivity index (χ1v) is 6.51. The van der Waals surface area contributed by atoms with Gasteiger partial charge in [0.25, 0.3) is 0 Å². The molecule has 21 heavy (non-hydrogen) atoms. The molecule has 1 heterocycles. The van der Waals surface area contributed by atoms with E-state index in [0.717, 1.165) is 23.1 Å². The molecule has 0 radical (unpaired) electrons. The van der Waals surface area contributed by atoms with Crippen LogP contribution < -0.4 is 10.6 Å². The number of piperidine rings is 1. The molecule has 0 bridgehead atoms. The quantitative estimate of drug-likeness (QED) is 0.668. The number of amides is 2. The summed E-state index contributed by atoms with van der Waals surface area (Å²) in [5.41, 5.74) is 4.42. The van der Waals surface area contributed by atoms with E-state index in [-0.39, 0.29) is 28.1 Å². The van der Waals surface area contributed by atoms with E-state index < -0.39 is 23.6 Å². The zero-order valence-corrected chi connectivity index (χ0v) is 11.3. The minimum Gasteiger partial charge on any atom is -0.389 e. The number of fused-ring (bicyclic) bond motifs is 1. The number of halogens is 3. The van der Waals surface area contributed by atoms with Gasteiger partial charge in [0.2, 0.25) is 11.8 Å². The molecule has 1 aliphatic carbocycles. The molecule has 1 saturated carbocycles. The average Bonchev–Trinajstić information content (AvgIpc) is 3.13. The van der Waals surface area contributed by atoms with Gasteiger partial charge in [-0.15, -0.1) is 0 Å². The van der Waals surface area contributed by atoms with Gasteiger partial charge in [-0.2, -0.15) is 13.2 Å². The van der Waals surface area contributed by atoms with Crippen molar-refractivity contribution in [3.63, 3.8) is 0 Å². The van der Waals surface area contributed by atoms with E-state index in [1.807, 2.05) is 0 Å². The lowest BCUT2D eigenvalue weighted by molar-refractivity contribution is -0.137. The Labute approximate surface area is 122 Å². The third-order valence-electron chi connectivity index (χ3n) is 3.70. The lowest BCUT2D eigenvalue weighted by atomic mass is 10.1. The van der Waals surface area contributed by atoms with Crippen molar-refractivity contribution in [1.29, 1.82) is 0 Å². The van der Waals surface area contributed by atoms with Crippen molar-refractivity contribution in [2.45, 2.75) is 12.6 Å². The van der Waals surface area contributed by atoms with Gasteiger partial charge in [0.1, 0.15) is 4.99 Å². The molecule has 8 heteroatoms. The van der Waals surface area contributed by atoms with Crippen LogP contribution in [0, 0.1) is 11.8 Å². The molecular formula is C13H9F3N2O2S. The Morgan fingerprint density at radius 1 is 1.24 bits per heavy atom.